The zero-order chi connectivity index (χ0) is 11.1. The van der Waals surface area contributed by atoms with E-state index in [4.69, 9.17) is 10.5 Å². The lowest BCUT2D eigenvalue weighted by Crippen LogP contribution is -2.26. The van der Waals surface area contributed by atoms with E-state index in [1.807, 2.05) is 18.2 Å². The molecule has 0 aromatic heterocycles. The smallest absolute Gasteiger partial charge is 0.332 e. The van der Waals surface area contributed by atoms with Gasteiger partial charge in [0.05, 0.1) is 11.8 Å². The van der Waals surface area contributed by atoms with Gasteiger partial charge in [-0.3, -0.25) is 0 Å². The van der Waals surface area contributed by atoms with Gasteiger partial charge in [-0.05, 0) is 11.1 Å². The zero-order valence-corrected chi connectivity index (χ0v) is 8.51. The predicted octanol–water partition coefficient (Wildman–Crippen LogP) is 1.23. The number of fused-ring (bicyclic) bond motifs is 5. The number of urea groups is 1. The number of rotatable bonds is 1. The molecule has 16 heavy (non-hydrogen) atoms. The maximum atomic E-state index is 10.6. The van der Waals surface area contributed by atoms with Gasteiger partial charge >= 0.3 is 6.03 Å². The molecule has 5 heteroatoms. The summed E-state index contributed by atoms with van der Waals surface area (Å²) in [6, 6.07) is 7.42. The highest BCUT2D eigenvalue weighted by Gasteiger charge is 2.42. The monoisotopic (exact) mass is 217 g/mol. The van der Waals surface area contributed by atoms with Crippen LogP contribution < -0.4 is 11.2 Å². The van der Waals surface area contributed by atoms with Crippen LogP contribution in [0.3, 0.4) is 0 Å². The number of amides is 2. The molecule has 0 aliphatic carbocycles. The highest BCUT2D eigenvalue weighted by molar-refractivity contribution is 5.94. The summed E-state index contributed by atoms with van der Waals surface area (Å²) in [5, 5.41) is 3.97. The van der Waals surface area contributed by atoms with Crippen molar-refractivity contribution in [2.24, 2.45) is 10.8 Å². The average molecular weight is 217 g/mol. The molecule has 5 nitrogen and oxygen atoms in total. The lowest BCUT2D eigenvalue weighted by Gasteiger charge is -2.12. The number of hydrogen-bond acceptors (Lipinski definition) is 3. The van der Waals surface area contributed by atoms with Crippen LogP contribution in [0, 0.1) is 0 Å². The minimum absolute atomic E-state index is 0.0784. The molecule has 1 aromatic rings. The van der Waals surface area contributed by atoms with E-state index >= 15 is 0 Å². The van der Waals surface area contributed by atoms with Crippen LogP contribution in [-0.2, 0) is 4.74 Å². The normalized spacial score (nSPS) is 28.1. The molecule has 2 heterocycles. The van der Waals surface area contributed by atoms with Gasteiger partial charge < -0.3 is 10.5 Å². The second-order valence-corrected chi connectivity index (χ2v) is 3.92. The van der Waals surface area contributed by atoms with Gasteiger partial charge in [-0.2, -0.15) is 5.10 Å². The van der Waals surface area contributed by atoms with E-state index in [1.165, 1.54) is 5.56 Å². The Balaban J connectivity index is 1.92. The van der Waals surface area contributed by atoms with Crippen LogP contribution >= 0.6 is 0 Å². The molecule has 82 valence electrons. The molecule has 0 unspecified atom stereocenters. The fourth-order valence-corrected chi connectivity index (χ4v) is 2.30. The maximum absolute atomic E-state index is 10.6. The second kappa shape index (κ2) is 3.31. The van der Waals surface area contributed by atoms with Crippen molar-refractivity contribution in [2.75, 3.05) is 0 Å². The van der Waals surface area contributed by atoms with E-state index in [1.54, 1.807) is 0 Å². The Morgan fingerprint density at radius 2 is 2.19 bits per heavy atom. The van der Waals surface area contributed by atoms with Crippen LogP contribution in [0.5, 0.6) is 0 Å². The molecule has 2 aliphatic rings. The van der Waals surface area contributed by atoms with Gasteiger partial charge in [-0.15, -0.1) is 0 Å². The number of primary amides is 1. The Labute approximate surface area is 92.3 Å². The van der Waals surface area contributed by atoms with Crippen molar-refractivity contribution < 1.29 is 9.53 Å². The molecule has 0 spiro atoms. The molecule has 1 fully saturated rings. The van der Waals surface area contributed by atoms with E-state index in [0.717, 1.165) is 17.7 Å². The van der Waals surface area contributed by atoms with Crippen molar-refractivity contribution >= 4 is 11.7 Å². The van der Waals surface area contributed by atoms with Gasteiger partial charge in [-0.25, -0.2) is 10.2 Å². The van der Waals surface area contributed by atoms with Gasteiger partial charge in [0.25, 0.3) is 0 Å². The first-order valence-electron chi connectivity index (χ1n) is 5.12. The van der Waals surface area contributed by atoms with Crippen molar-refractivity contribution in [1.82, 2.24) is 5.43 Å². The number of carbonyl (C=O) groups excluding carboxylic acids is 1. The molecule has 2 bridgehead atoms. The van der Waals surface area contributed by atoms with E-state index in [2.05, 4.69) is 16.6 Å². The van der Waals surface area contributed by atoms with Crippen molar-refractivity contribution in [2.45, 2.75) is 18.6 Å². The summed E-state index contributed by atoms with van der Waals surface area (Å²) in [4.78, 5) is 10.6. The highest BCUT2D eigenvalue weighted by atomic mass is 16.5. The standard InChI is InChI=1S/C11H11N3O2/c12-11(15)14-13-8-5-9-6-3-1-2-4-7(6)10(8)16-9/h1-4,9-10H,5H2,(H3,12,14,15)/b13-8-/t9-,10-/m1/s1. The average Bonchev–Trinajstić information content (AvgIpc) is 2.85. The topological polar surface area (TPSA) is 76.7 Å². The third kappa shape index (κ3) is 1.29. The van der Waals surface area contributed by atoms with Gasteiger partial charge in [0.1, 0.15) is 6.10 Å². The fourth-order valence-electron chi connectivity index (χ4n) is 2.30. The number of ether oxygens (including phenoxy) is 1. The van der Waals surface area contributed by atoms with E-state index in [9.17, 15) is 4.79 Å². The van der Waals surface area contributed by atoms with Crippen LogP contribution in [0.25, 0.3) is 0 Å². The number of hydrogen-bond donors (Lipinski definition) is 2. The van der Waals surface area contributed by atoms with Crippen LogP contribution in [0.2, 0.25) is 0 Å². The number of nitrogens with one attached hydrogen (secondary N) is 1. The van der Waals surface area contributed by atoms with Crippen molar-refractivity contribution in [3.63, 3.8) is 0 Å². The molecule has 1 aromatic carbocycles. The third-order valence-electron chi connectivity index (χ3n) is 2.93. The first-order valence-corrected chi connectivity index (χ1v) is 5.12. The summed E-state index contributed by atoms with van der Waals surface area (Å²) >= 11 is 0. The maximum Gasteiger partial charge on any atom is 0.332 e. The second-order valence-electron chi connectivity index (χ2n) is 3.92. The van der Waals surface area contributed by atoms with Crippen LogP contribution in [0.1, 0.15) is 29.8 Å². The Morgan fingerprint density at radius 3 is 2.94 bits per heavy atom. The Morgan fingerprint density at radius 1 is 1.44 bits per heavy atom. The molecule has 0 saturated carbocycles. The summed E-state index contributed by atoms with van der Waals surface area (Å²) in [7, 11) is 0. The summed E-state index contributed by atoms with van der Waals surface area (Å²) < 4.78 is 5.76. The molecule has 2 atom stereocenters. The van der Waals surface area contributed by atoms with Crippen molar-refractivity contribution in [1.29, 1.82) is 0 Å². The Hall–Kier alpha value is -1.88. The molecule has 3 N–H and O–H groups in total. The lowest BCUT2D eigenvalue weighted by molar-refractivity contribution is 0.0838. The number of carbonyl (C=O) groups is 1. The quantitative estimate of drug-likeness (QED) is 0.694. The molecule has 2 amide bonds. The van der Waals surface area contributed by atoms with Crippen LogP contribution in [0.15, 0.2) is 29.4 Å². The molecular formula is C11H11N3O2. The van der Waals surface area contributed by atoms with Crippen molar-refractivity contribution in [3.8, 4) is 0 Å². The highest BCUT2D eigenvalue weighted by Crippen LogP contribution is 2.48. The van der Waals surface area contributed by atoms with Gasteiger partial charge in [0.2, 0.25) is 0 Å². The lowest BCUT2D eigenvalue weighted by atomic mass is 9.90. The van der Waals surface area contributed by atoms with Gasteiger partial charge in [0, 0.05) is 6.42 Å². The first-order chi connectivity index (χ1) is 7.75. The number of nitrogens with zero attached hydrogens (tertiary/aromatic N) is 1. The Kier molecular flexibility index (Phi) is 1.94. The van der Waals surface area contributed by atoms with Crippen LogP contribution in [-0.4, -0.2) is 11.7 Å². The van der Waals surface area contributed by atoms with E-state index < -0.39 is 6.03 Å². The molecule has 2 aliphatic heterocycles. The van der Waals surface area contributed by atoms with Gasteiger partial charge in [-0.1, -0.05) is 24.3 Å². The van der Waals surface area contributed by atoms with E-state index in [0.29, 0.717) is 0 Å². The molecular weight excluding hydrogens is 206 g/mol. The third-order valence-corrected chi connectivity index (χ3v) is 2.93. The first kappa shape index (κ1) is 9.35. The number of benzene rings is 1. The van der Waals surface area contributed by atoms with E-state index in [-0.39, 0.29) is 12.2 Å². The minimum Gasteiger partial charge on any atom is -0.359 e. The molecule has 1 saturated heterocycles. The Bertz CT molecular complexity index is 484. The largest absolute Gasteiger partial charge is 0.359 e. The number of hydrazone groups is 1. The van der Waals surface area contributed by atoms with Crippen molar-refractivity contribution in [3.05, 3.63) is 35.4 Å². The predicted molar refractivity (Wildman–Crippen MR) is 57.8 cm³/mol. The van der Waals surface area contributed by atoms with Gasteiger partial charge in [0.15, 0.2) is 0 Å². The SMILES string of the molecule is NC(=O)N/N=C1/C[C@H]2O[C@@H]1c1ccccc12. The number of nitrogens with two attached hydrogens (primary N) is 1. The summed E-state index contributed by atoms with van der Waals surface area (Å²) in [6.07, 6.45) is 0.685. The minimum atomic E-state index is -0.649. The summed E-state index contributed by atoms with van der Waals surface area (Å²) in [6.45, 7) is 0. The molecule has 0 radical (unpaired) electrons. The fraction of sp³-hybridized carbons (Fsp3) is 0.273. The summed E-state index contributed by atoms with van der Waals surface area (Å²) in [5.74, 6) is 0. The molecule has 3 rings (SSSR count). The summed E-state index contributed by atoms with van der Waals surface area (Å²) in [5.41, 5.74) is 10.4. The zero-order valence-electron chi connectivity index (χ0n) is 8.51. The van der Waals surface area contributed by atoms with Crippen LogP contribution in [0.4, 0.5) is 4.79 Å².